The Kier molecular flexibility index (Phi) is 11.1. The lowest BCUT2D eigenvalue weighted by Gasteiger charge is -2.22. The Bertz CT molecular complexity index is 642. The molecule has 0 amide bonds. The van der Waals surface area contributed by atoms with Crippen LogP contribution in [0.2, 0.25) is 5.02 Å². The summed E-state index contributed by atoms with van der Waals surface area (Å²) in [6, 6.07) is 3.60. The van der Waals surface area contributed by atoms with E-state index >= 15 is 0 Å². The average molecular weight is 451 g/mol. The number of aryl methyl sites for hydroxylation is 1. The van der Waals surface area contributed by atoms with Gasteiger partial charge in [0.25, 0.3) is 0 Å². The van der Waals surface area contributed by atoms with Gasteiger partial charge in [0.1, 0.15) is 22.6 Å². The summed E-state index contributed by atoms with van der Waals surface area (Å²) >= 11 is 17.4. The van der Waals surface area contributed by atoms with Crippen molar-refractivity contribution in [2.45, 2.75) is 47.0 Å². The lowest BCUT2D eigenvalue weighted by Crippen LogP contribution is -2.24. The Morgan fingerprint density at radius 2 is 1.79 bits per heavy atom. The van der Waals surface area contributed by atoms with Gasteiger partial charge in [-0.1, -0.05) is 62.2 Å². The third-order valence-corrected chi connectivity index (χ3v) is 4.52. The van der Waals surface area contributed by atoms with Crippen LogP contribution in [0.25, 0.3) is 0 Å². The summed E-state index contributed by atoms with van der Waals surface area (Å²) in [5.74, 6) is 1.32. The van der Waals surface area contributed by atoms with Crippen molar-refractivity contribution < 1.29 is 14.3 Å². The quantitative estimate of drug-likeness (QED) is 0.275. The summed E-state index contributed by atoms with van der Waals surface area (Å²) in [4.78, 5) is 5.44. The second kappa shape index (κ2) is 12.5. The van der Waals surface area contributed by atoms with Crippen LogP contribution in [0.15, 0.2) is 35.0 Å². The van der Waals surface area contributed by atoms with Crippen molar-refractivity contribution in [1.82, 2.24) is 5.48 Å². The zero-order valence-electron chi connectivity index (χ0n) is 17.0. The van der Waals surface area contributed by atoms with E-state index in [1.165, 1.54) is 0 Å². The Balaban J connectivity index is 2.28. The molecule has 0 heterocycles. The van der Waals surface area contributed by atoms with E-state index in [9.17, 15) is 0 Å². The minimum Gasteiger partial charge on any atom is -0.492 e. The number of allylic oxidation sites excluding steroid dienone is 1. The molecule has 0 aliphatic rings. The molecule has 1 aromatic rings. The van der Waals surface area contributed by atoms with Gasteiger partial charge in [0, 0.05) is 17.2 Å². The molecule has 4 nitrogen and oxygen atoms in total. The van der Waals surface area contributed by atoms with Crippen molar-refractivity contribution in [2.75, 3.05) is 19.8 Å². The molecule has 0 saturated carbocycles. The molecular formula is C21H30Cl3NO3. The smallest absolute Gasteiger partial charge is 0.141 e. The van der Waals surface area contributed by atoms with Crippen LogP contribution in [-0.4, -0.2) is 19.8 Å². The molecule has 7 heteroatoms. The number of unbranched alkanes of at least 4 members (excludes halogenated alkanes) is 2. The SMILES string of the molecule is C=C(NOCCCCCOc1c(C)cc(OCC=C(Cl)Cl)cc1Cl)C(C)(C)C. The molecule has 0 saturated heterocycles. The molecule has 0 aliphatic carbocycles. The maximum Gasteiger partial charge on any atom is 0.141 e. The molecule has 0 fully saturated rings. The number of ether oxygens (including phenoxy) is 2. The topological polar surface area (TPSA) is 39.7 Å². The highest BCUT2D eigenvalue weighted by molar-refractivity contribution is 6.55. The summed E-state index contributed by atoms with van der Waals surface area (Å²) in [7, 11) is 0. The lowest BCUT2D eigenvalue weighted by molar-refractivity contribution is 0.0474. The van der Waals surface area contributed by atoms with Crippen LogP contribution in [0, 0.1) is 12.3 Å². The monoisotopic (exact) mass is 449 g/mol. The van der Waals surface area contributed by atoms with E-state index in [1.54, 1.807) is 12.1 Å². The van der Waals surface area contributed by atoms with Crippen molar-refractivity contribution >= 4 is 34.8 Å². The molecule has 0 bridgehead atoms. The van der Waals surface area contributed by atoms with Crippen molar-refractivity contribution in [3.05, 3.63) is 45.6 Å². The number of hydrogen-bond acceptors (Lipinski definition) is 4. The van der Waals surface area contributed by atoms with E-state index in [-0.39, 0.29) is 16.5 Å². The van der Waals surface area contributed by atoms with E-state index in [0.717, 1.165) is 30.5 Å². The standard InChI is InChI=1S/C21H30Cl3NO3/c1-15-13-17(26-12-9-19(23)24)14-18(22)20(15)27-10-7-6-8-11-28-25-16(2)21(3,4)5/h9,13-14,25H,2,6-8,10-12H2,1,3-5H3. The fourth-order valence-corrected chi connectivity index (χ4v) is 2.52. The molecule has 0 aromatic heterocycles. The summed E-state index contributed by atoms with van der Waals surface area (Å²) in [6.45, 7) is 13.6. The fourth-order valence-electron chi connectivity index (χ4n) is 2.08. The van der Waals surface area contributed by atoms with Crippen LogP contribution < -0.4 is 15.0 Å². The van der Waals surface area contributed by atoms with Crippen LogP contribution in [0.3, 0.4) is 0 Å². The number of rotatable bonds is 12. The van der Waals surface area contributed by atoms with Gasteiger partial charge in [-0.15, -0.1) is 0 Å². The summed E-state index contributed by atoms with van der Waals surface area (Å²) in [5.41, 5.74) is 4.68. The number of benzene rings is 1. The van der Waals surface area contributed by atoms with Crippen LogP contribution >= 0.6 is 34.8 Å². The molecule has 158 valence electrons. The van der Waals surface area contributed by atoms with Crippen molar-refractivity contribution in [2.24, 2.45) is 5.41 Å². The largest absolute Gasteiger partial charge is 0.492 e. The number of hydrogen-bond donors (Lipinski definition) is 1. The van der Waals surface area contributed by atoms with Gasteiger partial charge in [-0.2, -0.15) is 0 Å². The van der Waals surface area contributed by atoms with Crippen LogP contribution in [0.1, 0.15) is 45.6 Å². The Morgan fingerprint density at radius 3 is 2.39 bits per heavy atom. The first-order chi connectivity index (χ1) is 13.1. The van der Waals surface area contributed by atoms with Gasteiger partial charge in [0.2, 0.25) is 0 Å². The first kappa shape index (κ1) is 25.0. The molecule has 0 aliphatic heterocycles. The van der Waals surface area contributed by atoms with E-state index in [1.807, 2.05) is 13.0 Å². The van der Waals surface area contributed by atoms with Gasteiger partial charge in [0.15, 0.2) is 0 Å². The van der Waals surface area contributed by atoms with Gasteiger partial charge in [-0.25, -0.2) is 0 Å². The number of hydroxylamine groups is 1. The van der Waals surface area contributed by atoms with Gasteiger partial charge in [0.05, 0.1) is 18.2 Å². The Labute approximate surface area is 183 Å². The normalized spacial score (nSPS) is 11.1. The van der Waals surface area contributed by atoms with Crippen LogP contribution in [-0.2, 0) is 4.84 Å². The molecule has 1 aromatic carbocycles. The summed E-state index contributed by atoms with van der Waals surface area (Å²) in [5, 5.41) is 0.518. The highest BCUT2D eigenvalue weighted by Gasteiger charge is 2.14. The molecule has 0 spiro atoms. The first-order valence-corrected chi connectivity index (χ1v) is 10.4. The molecule has 0 atom stereocenters. The Morgan fingerprint density at radius 1 is 1.11 bits per heavy atom. The van der Waals surface area contributed by atoms with E-state index in [2.05, 4.69) is 32.8 Å². The molecule has 1 rings (SSSR count). The van der Waals surface area contributed by atoms with Gasteiger partial charge in [-0.3, -0.25) is 10.3 Å². The predicted octanol–water partition coefficient (Wildman–Crippen LogP) is 6.98. The van der Waals surface area contributed by atoms with Crippen LogP contribution in [0.5, 0.6) is 11.5 Å². The zero-order valence-corrected chi connectivity index (χ0v) is 19.3. The van der Waals surface area contributed by atoms with Crippen molar-refractivity contribution in [3.63, 3.8) is 0 Å². The molecule has 0 radical (unpaired) electrons. The highest BCUT2D eigenvalue weighted by Crippen LogP contribution is 2.33. The summed E-state index contributed by atoms with van der Waals surface area (Å²) in [6.07, 6.45) is 4.41. The second-order valence-corrected chi connectivity index (χ2v) is 8.86. The number of nitrogens with one attached hydrogen (secondary N) is 1. The summed E-state index contributed by atoms with van der Waals surface area (Å²) < 4.78 is 11.6. The maximum absolute atomic E-state index is 6.31. The van der Waals surface area contributed by atoms with E-state index in [4.69, 9.17) is 49.1 Å². The third-order valence-electron chi connectivity index (χ3n) is 3.93. The molecule has 1 N–H and O–H groups in total. The Hall–Kier alpha value is -1.07. The zero-order chi connectivity index (χ0) is 21.2. The predicted molar refractivity (Wildman–Crippen MR) is 119 cm³/mol. The third kappa shape index (κ3) is 9.92. The van der Waals surface area contributed by atoms with Gasteiger partial charge < -0.3 is 9.47 Å². The highest BCUT2D eigenvalue weighted by atomic mass is 35.5. The van der Waals surface area contributed by atoms with E-state index in [0.29, 0.717) is 29.7 Å². The lowest BCUT2D eigenvalue weighted by atomic mass is 9.94. The minimum atomic E-state index is -0.0145. The first-order valence-electron chi connectivity index (χ1n) is 9.25. The maximum atomic E-state index is 6.31. The molecule has 28 heavy (non-hydrogen) atoms. The average Bonchev–Trinajstić information content (AvgIpc) is 2.57. The molecular weight excluding hydrogens is 421 g/mol. The minimum absolute atomic E-state index is 0.0145. The van der Waals surface area contributed by atoms with E-state index < -0.39 is 0 Å². The van der Waals surface area contributed by atoms with Gasteiger partial charge in [-0.05, 0) is 43.9 Å². The second-order valence-electron chi connectivity index (χ2n) is 7.44. The number of halogens is 3. The van der Waals surface area contributed by atoms with Crippen molar-refractivity contribution in [3.8, 4) is 11.5 Å². The van der Waals surface area contributed by atoms with Crippen LogP contribution in [0.4, 0.5) is 0 Å². The van der Waals surface area contributed by atoms with Gasteiger partial charge >= 0.3 is 0 Å². The van der Waals surface area contributed by atoms with Crippen molar-refractivity contribution in [1.29, 1.82) is 0 Å². The molecule has 0 unspecified atom stereocenters. The fraction of sp³-hybridized carbons (Fsp3) is 0.524.